The lowest BCUT2D eigenvalue weighted by Gasteiger charge is -1.80. The van der Waals surface area contributed by atoms with Crippen LogP contribution in [-0.4, -0.2) is 17.4 Å². The fourth-order valence-electron chi connectivity index (χ4n) is 0.303. The molecule has 1 aliphatic rings. The van der Waals surface area contributed by atoms with E-state index >= 15 is 0 Å². The summed E-state index contributed by atoms with van der Waals surface area (Å²) in [7, 11) is 0. The Morgan fingerprint density at radius 3 is 1.62 bits per heavy atom. The molecule has 8 heavy (non-hydrogen) atoms. The monoisotopic (exact) mass is 115 g/mol. The molecule has 0 unspecified atom stereocenters. The van der Waals surface area contributed by atoms with Crippen molar-refractivity contribution in [2.45, 2.75) is 0 Å². The van der Waals surface area contributed by atoms with Crippen LogP contribution in [0.5, 0.6) is 0 Å². The van der Waals surface area contributed by atoms with E-state index in [2.05, 4.69) is 4.74 Å². The van der Waals surface area contributed by atoms with E-state index < -0.39 is 11.9 Å². The molecule has 0 spiro atoms. The largest absolute Gasteiger partial charge is 0.387 e. The van der Waals surface area contributed by atoms with Crippen LogP contribution in [0.15, 0.2) is 12.2 Å². The van der Waals surface area contributed by atoms with Crippen LogP contribution in [-0.2, 0) is 14.3 Å². The molecular formula is C4H3O4. The number of carbonyl (C=O) groups excluding carboxylic acids is 2. The highest BCUT2D eigenvalue weighted by Crippen LogP contribution is 1.92. The van der Waals surface area contributed by atoms with E-state index in [9.17, 15) is 9.59 Å². The maximum atomic E-state index is 9.92. The Labute approximate surface area is 45.1 Å². The Morgan fingerprint density at radius 2 is 1.50 bits per heavy atom. The highest BCUT2D eigenvalue weighted by molar-refractivity contribution is 6.04. The molecule has 0 fully saturated rings. The van der Waals surface area contributed by atoms with Gasteiger partial charge in [0, 0.05) is 12.2 Å². The lowest BCUT2D eigenvalue weighted by molar-refractivity contribution is -0.150. The van der Waals surface area contributed by atoms with E-state index in [1.165, 1.54) is 0 Å². The Hall–Kier alpha value is -1.16. The number of esters is 2. The van der Waals surface area contributed by atoms with Crippen molar-refractivity contribution in [2.24, 2.45) is 0 Å². The molecule has 4 nitrogen and oxygen atoms in total. The van der Waals surface area contributed by atoms with E-state index in [1.54, 1.807) is 0 Å². The van der Waals surface area contributed by atoms with Crippen LogP contribution in [0, 0.1) is 0 Å². The lowest BCUT2D eigenvalue weighted by atomic mass is 10.6. The van der Waals surface area contributed by atoms with Crippen molar-refractivity contribution in [3.8, 4) is 0 Å². The van der Waals surface area contributed by atoms with Gasteiger partial charge in [0.2, 0.25) is 0 Å². The molecular weight excluding hydrogens is 112 g/mol. The maximum absolute atomic E-state index is 9.92. The summed E-state index contributed by atoms with van der Waals surface area (Å²) in [6.07, 6.45) is 2.17. The van der Waals surface area contributed by atoms with Gasteiger partial charge in [0.05, 0.1) is 0 Å². The molecule has 0 aromatic heterocycles. The molecule has 43 valence electrons. The quantitative estimate of drug-likeness (QED) is 0.340. The number of carbonyl (C=O) groups is 2. The molecule has 0 bridgehead atoms. The molecule has 1 N–H and O–H groups in total. The summed E-state index contributed by atoms with van der Waals surface area (Å²) in [6, 6.07) is 0. The van der Waals surface area contributed by atoms with Crippen molar-refractivity contribution in [3.05, 3.63) is 12.2 Å². The van der Waals surface area contributed by atoms with Crippen LogP contribution >= 0.6 is 0 Å². The molecule has 0 aromatic rings. The van der Waals surface area contributed by atoms with Crippen molar-refractivity contribution in [3.63, 3.8) is 0 Å². The highest BCUT2D eigenvalue weighted by atomic mass is 16.6. The second-order valence-corrected chi connectivity index (χ2v) is 1.07. The van der Waals surface area contributed by atoms with Gasteiger partial charge < -0.3 is 4.74 Å². The van der Waals surface area contributed by atoms with E-state index in [-0.39, 0.29) is 5.48 Å². The molecule has 1 rings (SSSR count). The molecule has 0 amide bonds. The lowest BCUT2D eigenvalue weighted by Crippen LogP contribution is -1.96. The third-order valence-electron chi connectivity index (χ3n) is 0.557. The predicted octanol–water partition coefficient (Wildman–Crippen LogP) is -0.551. The first-order valence-electron chi connectivity index (χ1n) is 1.73. The minimum atomic E-state index is -0.579. The summed E-state index contributed by atoms with van der Waals surface area (Å²) in [6.45, 7) is 0. The molecule has 0 saturated heterocycles. The SMILES string of the molecule is O=C1C=CC(=O)O1.[OH]. The summed E-state index contributed by atoms with van der Waals surface area (Å²) < 4.78 is 3.97. The molecule has 0 saturated carbocycles. The van der Waals surface area contributed by atoms with Gasteiger partial charge in [-0.15, -0.1) is 0 Å². The summed E-state index contributed by atoms with van der Waals surface area (Å²) in [4.78, 5) is 19.8. The zero-order valence-electron chi connectivity index (χ0n) is 3.83. The molecule has 1 heterocycles. The van der Waals surface area contributed by atoms with Gasteiger partial charge in [-0.2, -0.15) is 0 Å². The Morgan fingerprint density at radius 1 is 1.12 bits per heavy atom. The molecule has 0 aromatic carbocycles. The standard InChI is InChI=1S/C4H2O3.HO/c5-3-1-2-4(6)7-3;/h1-2H;1H. The van der Waals surface area contributed by atoms with Gasteiger partial charge in [-0.1, -0.05) is 0 Å². The van der Waals surface area contributed by atoms with Gasteiger partial charge in [0.15, 0.2) is 0 Å². The highest BCUT2D eigenvalue weighted by Gasteiger charge is 2.10. The van der Waals surface area contributed by atoms with E-state index in [4.69, 9.17) is 0 Å². The zero-order chi connectivity index (χ0) is 5.28. The van der Waals surface area contributed by atoms with E-state index in [1.807, 2.05) is 0 Å². The van der Waals surface area contributed by atoms with Gasteiger partial charge in [-0.3, -0.25) is 5.48 Å². The van der Waals surface area contributed by atoms with E-state index in [0.717, 1.165) is 12.2 Å². The average molecular weight is 115 g/mol. The zero-order valence-corrected chi connectivity index (χ0v) is 3.83. The van der Waals surface area contributed by atoms with Crippen molar-refractivity contribution < 1.29 is 19.8 Å². The fraction of sp³-hybridized carbons (Fsp3) is 0. The van der Waals surface area contributed by atoms with Crippen molar-refractivity contribution in [1.82, 2.24) is 0 Å². The number of hydrogen-bond donors (Lipinski definition) is 1. The minimum Gasteiger partial charge on any atom is -0.387 e. The Balaban J connectivity index is 0.000000490. The third kappa shape index (κ3) is 1.16. The van der Waals surface area contributed by atoms with Crippen LogP contribution < -0.4 is 0 Å². The number of hydrogen-bond acceptors (Lipinski definition) is 3. The topological polar surface area (TPSA) is 73.4 Å². The van der Waals surface area contributed by atoms with E-state index in [0.29, 0.717) is 0 Å². The summed E-state index contributed by atoms with van der Waals surface area (Å²) in [5, 5.41) is 0. The molecule has 4 heteroatoms. The van der Waals surface area contributed by atoms with Crippen LogP contribution in [0.3, 0.4) is 0 Å². The van der Waals surface area contributed by atoms with Gasteiger partial charge in [0.1, 0.15) is 0 Å². The smallest absolute Gasteiger partial charge is 0.338 e. The molecule has 0 aliphatic carbocycles. The van der Waals surface area contributed by atoms with Crippen molar-refractivity contribution in [2.75, 3.05) is 0 Å². The average Bonchev–Trinajstić information content (AvgIpc) is 1.87. The van der Waals surface area contributed by atoms with Crippen LogP contribution in [0.25, 0.3) is 0 Å². The Kier molecular flexibility index (Phi) is 1.90. The molecule has 0 atom stereocenters. The second kappa shape index (κ2) is 2.23. The predicted molar refractivity (Wildman–Crippen MR) is 22.2 cm³/mol. The summed E-state index contributed by atoms with van der Waals surface area (Å²) >= 11 is 0. The number of rotatable bonds is 0. The van der Waals surface area contributed by atoms with Gasteiger partial charge >= 0.3 is 11.9 Å². The third-order valence-corrected chi connectivity index (χ3v) is 0.557. The fourth-order valence-corrected chi connectivity index (χ4v) is 0.303. The summed E-state index contributed by atoms with van der Waals surface area (Å²) in [5.74, 6) is -1.16. The molecule has 1 radical (unpaired) electrons. The minimum absolute atomic E-state index is 0. The molecule has 1 aliphatic heterocycles. The normalized spacial score (nSPS) is 15.5. The van der Waals surface area contributed by atoms with Gasteiger partial charge in [-0.25, -0.2) is 9.59 Å². The Bertz CT molecular complexity index is 130. The second-order valence-electron chi connectivity index (χ2n) is 1.07. The van der Waals surface area contributed by atoms with Gasteiger partial charge in [0.25, 0.3) is 0 Å². The summed E-state index contributed by atoms with van der Waals surface area (Å²) in [5.41, 5.74) is 0. The van der Waals surface area contributed by atoms with Crippen LogP contribution in [0.2, 0.25) is 0 Å². The maximum Gasteiger partial charge on any atom is 0.338 e. The van der Waals surface area contributed by atoms with Crippen LogP contribution in [0.1, 0.15) is 0 Å². The van der Waals surface area contributed by atoms with Gasteiger partial charge in [-0.05, 0) is 0 Å². The first kappa shape index (κ1) is 6.84. The van der Waals surface area contributed by atoms with Crippen molar-refractivity contribution >= 4 is 11.9 Å². The van der Waals surface area contributed by atoms with Crippen molar-refractivity contribution in [1.29, 1.82) is 0 Å². The number of ether oxygens (including phenoxy) is 1. The number of cyclic esters (lactones) is 2. The first-order valence-corrected chi connectivity index (χ1v) is 1.73. The first-order chi connectivity index (χ1) is 3.29. The van der Waals surface area contributed by atoms with Crippen LogP contribution in [0.4, 0.5) is 0 Å².